The number of anilines is 3. The third-order valence-corrected chi connectivity index (χ3v) is 7.31. The predicted octanol–water partition coefficient (Wildman–Crippen LogP) is 1.61. The van der Waals surface area contributed by atoms with Gasteiger partial charge in [0.1, 0.15) is 23.1 Å². The van der Waals surface area contributed by atoms with Crippen LogP contribution in [-0.2, 0) is 43.8 Å². The number of esters is 2. The highest BCUT2D eigenvalue weighted by atomic mass is 35.5. The summed E-state index contributed by atoms with van der Waals surface area (Å²) >= 11 is 6.26. The lowest BCUT2D eigenvalue weighted by Crippen LogP contribution is -2.38. The molecule has 0 aromatic heterocycles. The Morgan fingerprint density at radius 3 is 2.24 bits per heavy atom. The summed E-state index contributed by atoms with van der Waals surface area (Å²) in [4.78, 5) is 25.2. The summed E-state index contributed by atoms with van der Waals surface area (Å²) in [5.41, 5.74) is -0.491. The quantitative estimate of drug-likeness (QED) is 0.389. The van der Waals surface area contributed by atoms with Gasteiger partial charge >= 0.3 is 11.9 Å². The maximum Gasteiger partial charge on any atom is 0.355 e. The Morgan fingerprint density at radius 2 is 1.65 bits per heavy atom. The molecule has 2 aromatic carbocycles. The molecule has 13 nitrogen and oxygen atoms in total. The number of rotatable bonds is 8. The largest absolute Gasteiger partial charge is 0.506 e. The van der Waals surface area contributed by atoms with Crippen molar-refractivity contribution in [1.82, 2.24) is 0 Å². The van der Waals surface area contributed by atoms with E-state index >= 15 is 0 Å². The van der Waals surface area contributed by atoms with E-state index in [1.54, 1.807) is 0 Å². The predicted molar refractivity (Wildman–Crippen MR) is 133 cm³/mol. The smallest absolute Gasteiger partial charge is 0.355 e. The second kappa shape index (κ2) is 10.8. The van der Waals surface area contributed by atoms with Gasteiger partial charge in [0.2, 0.25) is 10.0 Å². The lowest BCUT2D eigenvalue weighted by Gasteiger charge is -2.31. The van der Waals surface area contributed by atoms with Crippen LogP contribution < -0.4 is 14.3 Å². The first kappa shape index (κ1) is 28.0. The fraction of sp³-hybridized carbons (Fsp3) is 0.238. The van der Waals surface area contributed by atoms with E-state index in [2.05, 4.69) is 14.2 Å². The van der Waals surface area contributed by atoms with Gasteiger partial charge in [-0.3, -0.25) is 9.44 Å². The maximum absolute atomic E-state index is 13.0. The van der Waals surface area contributed by atoms with Gasteiger partial charge in [0.15, 0.2) is 0 Å². The average molecular weight is 576 g/mol. The van der Waals surface area contributed by atoms with Crippen molar-refractivity contribution in [3.8, 4) is 5.75 Å². The lowest BCUT2D eigenvalue weighted by atomic mass is 10.1. The van der Waals surface area contributed by atoms with Crippen LogP contribution in [0.3, 0.4) is 0 Å². The molecule has 0 unspecified atom stereocenters. The number of nitrogens with zero attached hydrogens (tertiary/aromatic N) is 1. The molecule has 37 heavy (non-hydrogen) atoms. The summed E-state index contributed by atoms with van der Waals surface area (Å²) in [5.74, 6) is -2.42. The second-order valence-corrected chi connectivity index (χ2v) is 11.4. The van der Waals surface area contributed by atoms with Crippen LogP contribution >= 0.6 is 11.6 Å². The van der Waals surface area contributed by atoms with Crippen molar-refractivity contribution in [2.45, 2.75) is 4.90 Å². The first-order valence-electron chi connectivity index (χ1n) is 10.2. The van der Waals surface area contributed by atoms with Gasteiger partial charge in [0, 0.05) is 6.07 Å². The molecule has 16 heteroatoms. The zero-order valence-electron chi connectivity index (χ0n) is 19.6. The fourth-order valence-corrected chi connectivity index (χ4v) is 5.51. The van der Waals surface area contributed by atoms with Gasteiger partial charge < -0.3 is 24.2 Å². The molecular formula is C21H22ClN3O10S2. The molecule has 0 atom stereocenters. The molecule has 1 aliphatic heterocycles. The second-order valence-electron chi connectivity index (χ2n) is 7.55. The van der Waals surface area contributed by atoms with Crippen LogP contribution in [0.25, 0.3) is 0 Å². The van der Waals surface area contributed by atoms with E-state index in [1.165, 1.54) is 24.3 Å². The Kier molecular flexibility index (Phi) is 8.22. The van der Waals surface area contributed by atoms with E-state index in [0.717, 1.165) is 37.5 Å². The normalized spacial score (nSPS) is 14.2. The number of hydrogen-bond acceptors (Lipinski definition) is 11. The minimum atomic E-state index is -4.38. The fourth-order valence-electron chi connectivity index (χ4n) is 3.36. The molecule has 0 spiro atoms. The third kappa shape index (κ3) is 6.43. The summed E-state index contributed by atoms with van der Waals surface area (Å²) in [6, 6.07) is 7.37. The maximum atomic E-state index is 13.0. The van der Waals surface area contributed by atoms with Crippen molar-refractivity contribution < 1.29 is 45.7 Å². The Hall–Kier alpha value is -3.53. The minimum absolute atomic E-state index is 0.0105. The molecule has 3 rings (SSSR count). The van der Waals surface area contributed by atoms with Crippen molar-refractivity contribution in [2.24, 2.45) is 0 Å². The molecule has 3 N–H and O–H groups in total. The molecule has 200 valence electrons. The first-order valence-corrected chi connectivity index (χ1v) is 13.9. The van der Waals surface area contributed by atoms with Gasteiger partial charge in [0.25, 0.3) is 10.0 Å². The average Bonchev–Trinajstić information content (AvgIpc) is 2.82. The van der Waals surface area contributed by atoms with Gasteiger partial charge in [0.05, 0.1) is 54.7 Å². The van der Waals surface area contributed by atoms with Crippen LogP contribution in [-0.4, -0.2) is 67.7 Å². The zero-order chi connectivity index (χ0) is 27.5. The molecule has 0 radical (unpaired) electrons. The van der Waals surface area contributed by atoms with Crippen LogP contribution in [0.15, 0.2) is 52.6 Å². The minimum Gasteiger partial charge on any atom is -0.506 e. The number of aromatic hydroxyl groups is 1. The SMILES string of the molecule is COC(=O)C1=C(C(=O)OC)N(c2cc(Cl)c(S(=O)(=O)Nc3cccc(NS(C)(=O)=O)c3)cc2O)COC1. The highest BCUT2D eigenvalue weighted by Crippen LogP contribution is 2.39. The number of halogens is 1. The molecule has 0 saturated carbocycles. The van der Waals surface area contributed by atoms with E-state index < -0.39 is 42.6 Å². The summed E-state index contributed by atoms with van der Waals surface area (Å²) in [6.45, 7) is -0.578. The topological polar surface area (TPSA) is 178 Å². The molecule has 0 amide bonds. The third-order valence-electron chi connectivity index (χ3n) is 4.86. The van der Waals surface area contributed by atoms with Gasteiger partial charge in [-0.2, -0.15) is 0 Å². The van der Waals surface area contributed by atoms with Gasteiger partial charge in [-0.15, -0.1) is 0 Å². The van der Waals surface area contributed by atoms with E-state index in [4.69, 9.17) is 21.1 Å². The van der Waals surface area contributed by atoms with Crippen molar-refractivity contribution in [3.63, 3.8) is 0 Å². The Labute approximate surface area is 217 Å². The number of carbonyl (C=O) groups excluding carboxylic acids is 2. The number of benzene rings is 2. The molecule has 2 aromatic rings. The first-order chi connectivity index (χ1) is 17.3. The van der Waals surface area contributed by atoms with Crippen LogP contribution in [0.4, 0.5) is 17.1 Å². The van der Waals surface area contributed by atoms with Crippen molar-refractivity contribution >= 4 is 60.6 Å². The molecule has 1 heterocycles. The van der Waals surface area contributed by atoms with E-state index in [1.807, 2.05) is 0 Å². The summed E-state index contributed by atoms with van der Waals surface area (Å²) < 4.78 is 68.2. The molecule has 0 bridgehead atoms. The van der Waals surface area contributed by atoms with Gasteiger partial charge in [-0.1, -0.05) is 17.7 Å². The summed E-state index contributed by atoms with van der Waals surface area (Å²) in [7, 11) is -5.79. The number of hydrogen-bond donors (Lipinski definition) is 3. The van der Waals surface area contributed by atoms with Crippen molar-refractivity contribution in [2.75, 3.05) is 48.2 Å². The van der Waals surface area contributed by atoms with Crippen LogP contribution in [0.5, 0.6) is 5.75 Å². The van der Waals surface area contributed by atoms with Crippen LogP contribution in [0.1, 0.15) is 0 Å². The van der Waals surface area contributed by atoms with Gasteiger partial charge in [-0.05, 0) is 24.3 Å². The monoisotopic (exact) mass is 575 g/mol. The molecule has 1 aliphatic rings. The number of carbonyl (C=O) groups is 2. The molecule has 0 aliphatic carbocycles. The van der Waals surface area contributed by atoms with Crippen molar-refractivity contribution in [3.05, 3.63) is 52.7 Å². The Balaban J connectivity index is 2.01. The van der Waals surface area contributed by atoms with E-state index in [-0.39, 0.29) is 46.7 Å². The number of ether oxygens (including phenoxy) is 3. The van der Waals surface area contributed by atoms with Crippen LogP contribution in [0.2, 0.25) is 5.02 Å². The lowest BCUT2D eigenvalue weighted by molar-refractivity contribution is -0.140. The summed E-state index contributed by atoms with van der Waals surface area (Å²) in [6.07, 6.45) is 0.941. The van der Waals surface area contributed by atoms with Gasteiger partial charge in [-0.25, -0.2) is 26.4 Å². The molecule has 0 saturated heterocycles. The number of sulfonamides is 2. The highest BCUT2D eigenvalue weighted by molar-refractivity contribution is 7.93. The number of nitrogens with one attached hydrogen (secondary N) is 2. The van der Waals surface area contributed by atoms with E-state index in [9.17, 15) is 31.5 Å². The number of phenolic OH excluding ortho intramolecular Hbond substituents is 1. The van der Waals surface area contributed by atoms with Crippen molar-refractivity contribution in [1.29, 1.82) is 0 Å². The Morgan fingerprint density at radius 1 is 1.03 bits per heavy atom. The zero-order valence-corrected chi connectivity index (χ0v) is 22.0. The van der Waals surface area contributed by atoms with E-state index in [0.29, 0.717) is 0 Å². The highest BCUT2D eigenvalue weighted by Gasteiger charge is 2.34. The molecule has 0 fully saturated rings. The number of methoxy groups -OCH3 is 2. The Bertz CT molecular complexity index is 1490. The van der Waals surface area contributed by atoms with Crippen LogP contribution in [0, 0.1) is 0 Å². The standard InChI is InChI=1S/C21H22ClN3O10S2/c1-33-20(27)14-10-35-11-25(19(14)21(28)34-2)16-8-15(22)18(9-17(16)26)37(31,32)24-13-6-4-5-12(7-13)23-36(3,29)30/h4-9,23-24,26H,10-11H2,1-3H3. The summed E-state index contributed by atoms with van der Waals surface area (Å²) in [5, 5.41) is 10.4. The molecular weight excluding hydrogens is 554 g/mol. The number of phenols is 1.